The number of sulfonamides is 1. The van der Waals surface area contributed by atoms with Crippen LogP contribution in [0.1, 0.15) is 12.8 Å². The van der Waals surface area contributed by atoms with Crippen molar-refractivity contribution in [1.29, 1.82) is 0 Å². The lowest BCUT2D eigenvalue weighted by molar-refractivity contribution is 0.505. The van der Waals surface area contributed by atoms with Crippen molar-refractivity contribution in [1.82, 2.24) is 9.71 Å². The molecule has 0 aliphatic carbocycles. The Bertz CT molecular complexity index is 671. The summed E-state index contributed by atoms with van der Waals surface area (Å²) in [6.45, 7) is 0. The van der Waals surface area contributed by atoms with E-state index in [0.29, 0.717) is 12.8 Å². The lowest BCUT2D eigenvalue weighted by Crippen LogP contribution is -2.41. The van der Waals surface area contributed by atoms with Gasteiger partial charge in [-0.1, -0.05) is 0 Å². The molecule has 0 spiro atoms. The largest absolute Gasteiger partial charge is 0.372 e. The van der Waals surface area contributed by atoms with Gasteiger partial charge >= 0.3 is 0 Å². The van der Waals surface area contributed by atoms with E-state index in [4.69, 9.17) is 0 Å². The molecule has 1 aliphatic heterocycles. The van der Waals surface area contributed by atoms with Crippen molar-refractivity contribution in [2.24, 2.45) is 0 Å². The van der Waals surface area contributed by atoms with E-state index in [1.54, 1.807) is 13.1 Å². The molecule has 2 heterocycles. The lowest BCUT2D eigenvalue weighted by Gasteiger charge is -2.23. The van der Waals surface area contributed by atoms with E-state index in [-0.39, 0.29) is 28.3 Å². The SMILES string of the molecule is CNc1ncccc1S(=O)(=O)NC1CCS(=O)(=O)CC1. The minimum absolute atomic E-state index is 0.0200. The molecule has 0 saturated carbocycles. The summed E-state index contributed by atoms with van der Waals surface area (Å²) in [5.74, 6) is 0.307. The Balaban J connectivity index is 2.16. The third kappa shape index (κ3) is 3.47. The van der Waals surface area contributed by atoms with Crippen LogP contribution >= 0.6 is 0 Å². The smallest absolute Gasteiger partial charge is 0.244 e. The Morgan fingerprint density at radius 2 is 1.95 bits per heavy atom. The molecule has 0 atom stereocenters. The van der Waals surface area contributed by atoms with Gasteiger partial charge in [-0.3, -0.25) is 0 Å². The van der Waals surface area contributed by atoms with Crippen molar-refractivity contribution >= 4 is 25.7 Å². The third-order valence-electron chi connectivity index (χ3n) is 3.17. The number of hydrogen-bond donors (Lipinski definition) is 2. The Kier molecular flexibility index (Phi) is 4.31. The zero-order valence-corrected chi connectivity index (χ0v) is 12.7. The summed E-state index contributed by atoms with van der Waals surface area (Å²) in [6.07, 6.45) is 2.10. The van der Waals surface area contributed by atoms with Crippen LogP contribution in [0.4, 0.5) is 5.82 Å². The predicted octanol–water partition coefficient (Wildman–Crippen LogP) is -0.0212. The molecule has 7 nitrogen and oxygen atoms in total. The molecule has 0 aromatic carbocycles. The zero-order valence-electron chi connectivity index (χ0n) is 11.0. The molecule has 112 valence electrons. The van der Waals surface area contributed by atoms with E-state index in [2.05, 4.69) is 15.0 Å². The van der Waals surface area contributed by atoms with Gasteiger partial charge in [-0.15, -0.1) is 0 Å². The van der Waals surface area contributed by atoms with E-state index in [9.17, 15) is 16.8 Å². The molecule has 9 heteroatoms. The van der Waals surface area contributed by atoms with Gasteiger partial charge in [-0.2, -0.15) is 0 Å². The molecule has 1 aromatic heterocycles. The number of hydrogen-bond acceptors (Lipinski definition) is 6. The normalized spacial score (nSPS) is 19.6. The Morgan fingerprint density at radius 1 is 1.30 bits per heavy atom. The van der Waals surface area contributed by atoms with Crippen LogP contribution < -0.4 is 10.0 Å². The fourth-order valence-electron chi connectivity index (χ4n) is 2.09. The van der Waals surface area contributed by atoms with Crippen molar-refractivity contribution in [2.75, 3.05) is 23.9 Å². The summed E-state index contributed by atoms with van der Waals surface area (Å²) in [4.78, 5) is 4.02. The van der Waals surface area contributed by atoms with Gasteiger partial charge in [-0.25, -0.2) is 26.5 Å². The zero-order chi connectivity index (χ0) is 14.8. The van der Waals surface area contributed by atoms with Crippen molar-refractivity contribution < 1.29 is 16.8 Å². The minimum Gasteiger partial charge on any atom is -0.372 e. The van der Waals surface area contributed by atoms with E-state index in [1.165, 1.54) is 12.3 Å². The van der Waals surface area contributed by atoms with Gasteiger partial charge in [0.1, 0.15) is 20.6 Å². The number of nitrogens with one attached hydrogen (secondary N) is 2. The summed E-state index contributed by atoms with van der Waals surface area (Å²) in [7, 11) is -5.13. The Morgan fingerprint density at radius 3 is 2.55 bits per heavy atom. The van der Waals surface area contributed by atoms with Gasteiger partial charge in [0, 0.05) is 19.3 Å². The quantitative estimate of drug-likeness (QED) is 0.808. The highest BCUT2D eigenvalue weighted by Crippen LogP contribution is 2.20. The molecule has 1 saturated heterocycles. The van der Waals surface area contributed by atoms with E-state index in [0.717, 1.165) is 0 Å². The van der Waals surface area contributed by atoms with E-state index < -0.39 is 19.9 Å². The first kappa shape index (κ1) is 15.2. The van der Waals surface area contributed by atoms with Crippen LogP contribution in [0.2, 0.25) is 0 Å². The van der Waals surface area contributed by atoms with Crippen LogP contribution in [0, 0.1) is 0 Å². The minimum atomic E-state index is -3.71. The number of sulfone groups is 1. The van der Waals surface area contributed by atoms with Gasteiger partial charge in [0.05, 0.1) is 11.5 Å². The molecule has 2 rings (SSSR count). The predicted molar refractivity (Wildman–Crippen MR) is 75.8 cm³/mol. The number of aromatic nitrogens is 1. The van der Waals surface area contributed by atoms with Crippen molar-refractivity contribution in [2.45, 2.75) is 23.8 Å². The summed E-state index contributed by atoms with van der Waals surface area (Å²) in [5.41, 5.74) is 0. The number of nitrogens with zero attached hydrogens (tertiary/aromatic N) is 1. The van der Waals surface area contributed by atoms with Gasteiger partial charge in [-0.05, 0) is 25.0 Å². The molecular formula is C11H17N3O4S2. The molecule has 1 aromatic rings. The number of rotatable bonds is 4. The monoisotopic (exact) mass is 319 g/mol. The highest BCUT2D eigenvalue weighted by Gasteiger charge is 2.28. The molecule has 20 heavy (non-hydrogen) atoms. The molecule has 0 unspecified atom stereocenters. The maximum absolute atomic E-state index is 12.3. The van der Waals surface area contributed by atoms with Crippen LogP contribution in [0.15, 0.2) is 23.2 Å². The Hall–Kier alpha value is -1.19. The van der Waals surface area contributed by atoms with Crippen LogP contribution in [-0.2, 0) is 19.9 Å². The fourth-order valence-corrected chi connectivity index (χ4v) is 5.05. The topological polar surface area (TPSA) is 105 Å². The number of pyridine rings is 1. The second-order valence-electron chi connectivity index (χ2n) is 4.65. The van der Waals surface area contributed by atoms with E-state index in [1.807, 2.05) is 0 Å². The second-order valence-corrected chi connectivity index (χ2v) is 8.63. The van der Waals surface area contributed by atoms with Crippen molar-refractivity contribution in [3.8, 4) is 0 Å². The van der Waals surface area contributed by atoms with Crippen LogP contribution in [-0.4, -0.2) is 46.4 Å². The first-order valence-corrected chi connectivity index (χ1v) is 9.50. The highest BCUT2D eigenvalue weighted by atomic mass is 32.2. The molecule has 0 radical (unpaired) electrons. The summed E-state index contributed by atoms with van der Waals surface area (Å²) in [6, 6.07) is 2.65. The van der Waals surface area contributed by atoms with Crippen molar-refractivity contribution in [3.05, 3.63) is 18.3 Å². The first-order valence-electron chi connectivity index (χ1n) is 6.19. The average molecular weight is 319 g/mol. The average Bonchev–Trinajstić information content (AvgIpc) is 2.41. The second kappa shape index (κ2) is 5.66. The third-order valence-corrected chi connectivity index (χ3v) is 6.44. The standard InChI is InChI=1S/C11H17N3O4S2/c1-12-11-10(3-2-6-13-11)20(17,18)14-9-4-7-19(15,16)8-5-9/h2-3,6,9,14H,4-5,7-8H2,1H3,(H,12,13). The maximum atomic E-state index is 12.3. The van der Waals surface area contributed by atoms with Gasteiger partial charge in [0.25, 0.3) is 0 Å². The van der Waals surface area contributed by atoms with Crippen LogP contribution in [0.5, 0.6) is 0 Å². The summed E-state index contributed by atoms with van der Waals surface area (Å²) >= 11 is 0. The fraction of sp³-hybridized carbons (Fsp3) is 0.545. The molecule has 1 aliphatic rings. The summed E-state index contributed by atoms with van der Waals surface area (Å²) < 4.78 is 49.8. The summed E-state index contributed by atoms with van der Waals surface area (Å²) in [5, 5.41) is 2.73. The lowest BCUT2D eigenvalue weighted by atomic mass is 10.2. The highest BCUT2D eigenvalue weighted by molar-refractivity contribution is 7.91. The van der Waals surface area contributed by atoms with Crippen molar-refractivity contribution in [3.63, 3.8) is 0 Å². The maximum Gasteiger partial charge on any atom is 0.244 e. The van der Waals surface area contributed by atoms with Crippen LogP contribution in [0.3, 0.4) is 0 Å². The first-order chi connectivity index (χ1) is 9.34. The molecule has 2 N–H and O–H groups in total. The van der Waals surface area contributed by atoms with E-state index >= 15 is 0 Å². The molecule has 1 fully saturated rings. The molecular weight excluding hydrogens is 302 g/mol. The molecule has 0 bridgehead atoms. The van der Waals surface area contributed by atoms with Gasteiger partial charge in [0.2, 0.25) is 10.0 Å². The van der Waals surface area contributed by atoms with Crippen LogP contribution in [0.25, 0.3) is 0 Å². The Labute approximate surface area is 118 Å². The molecule has 0 amide bonds. The number of anilines is 1. The van der Waals surface area contributed by atoms with Gasteiger partial charge in [0.15, 0.2) is 0 Å². The van der Waals surface area contributed by atoms with Gasteiger partial charge < -0.3 is 5.32 Å².